The highest BCUT2D eigenvalue weighted by molar-refractivity contribution is 7.89. The summed E-state index contributed by atoms with van der Waals surface area (Å²) < 4.78 is 27.1. The van der Waals surface area contributed by atoms with Crippen LogP contribution < -0.4 is 0 Å². The number of carbonyl (C=O) groups excluding carboxylic acids is 1. The molecule has 2 aliphatic rings. The molecular formula is C21H26N2O3S2. The van der Waals surface area contributed by atoms with Gasteiger partial charge in [0.2, 0.25) is 10.0 Å². The Morgan fingerprint density at radius 2 is 1.61 bits per heavy atom. The maximum atomic E-state index is 12.8. The van der Waals surface area contributed by atoms with Crippen LogP contribution in [0.15, 0.2) is 46.0 Å². The molecule has 0 saturated carbocycles. The van der Waals surface area contributed by atoms with Crippen LogP contribution >= 0.6 is 11.3 Å². The summed E-state index contributed by atoms with van der Waals surface area (Å²) in [7, 11) is -3.45. The van der Waals surface area contributed by atoms with Gasteiger partial charge in [-0.3, -0.25) is 4.79 Å². The van der Waals surface area contributed by atoms with Gasteiger partial charge in [0.25, 0.3) is 5.91 Å². The Balaban J connectivity index is 1.40. The standard InChI is InChI=1S/C21H26N2O3S2/c24-21(22-13-8-17(9-14-22)19-10-15-27-16-19)18-4-6-20(7-5-18)28(25,26)23-11-2-1-3-12-23/h4-7,10,15-17H,1-3,8-9,11-14H2. The zero-order valence-corrected chi connectivity index (χ0v) is 17.6. The monoisotopic (exact) mass is 418 g/mol. The van der Waals surface area contributed by atoms with Crippen molar-refractivity contribution in [3.05, 3.63) is 52.2 Å². The van der Waals surface area contributed by atoms with E-state index in [9.17, 15) is 13.2 Å². The van der Waals surface area contributed by atoms with Crippen LogP contribution in [0.1, 0.15) is 53.9 Å². The Kier molecular flexibility index (Phi) is 5.85. The molecule has 5 nitrogen and oxygen atoms in total. The lowest BCUT2D eigenvalue weighted by Crippen LogP contribution is -2.38. The topological polar surface area (TPSA) is 57.7 Å². The predicted molar refractivity (Wildman–Crippen MR) is 111 cm³/mol. The number of carbonyl (C=O) groups is 1. The molecule has 4 rings (SSSR count). The lowest BCUT2D eigenvalue weighted by Gasteiger charge is -2.32. The maximum absolute atomic E-state index is 12.8. The second-order valence-corrected chi connectivity index (χ2v) is 10.3. The first-order valence-electron chi connectivity index (χ1n) is 9.97. The summed E-state index contributed by atoms with van der Waals surface area (Å²) in [4.78, 5) is 15.0. The van der Waals surface area contributed by atoms with Crippen LogP contribution in [0, 0.1) is 0 Å². The fourth-order valence-electron chi connectivity index (χ4n) is 4.13. The van der Waals surface area contributed by atoms with Crippen molar-refractivity contribution in [3.8, 4) is 0 Å². The number of rotatable bonds is 4. The molecule has 0 unspecified atom stereocenters. The van der Waals surface area contributed by atoms with E-state index in [2.05, 4.69) is 16.8 Å². The molecule has 2 saturated heterocycles. The third kappa shape index (κ3) is 4.02. The molecule has 0 bridgehead atoms. The van der Waals surface area contributed by atoms with Crippen LogP contribution in [0.25, 0.3) is 0 Å². The normalized spacial score (nSPS) is 19.6. The average molecular weight is 419 g/mol. The maximum Gasteiger partial charge on any atom is 0.253 e. The van der Waals surface area contributed by atoms with Gasteiger partial charge in [0.1, 0.15) is 0 Å². The molecule has 2 fully saturated rings. The van der Waals surface area contributed by atoms with Gasteiger partial charge < -0.3 is 4.90 Å². The zero-order valence-electron chi connectivity index (χ0n) is 15.9. The van der Waals surface area contributed by atoms with Crippen molar-refractivity contribution in [1.82, 2.24) is 9.21 Å². The summed E-state index contributed by atoms with van der Waals surface area (Å²) in [5.41, 5.74) is 1.94. The minimum absolute atomic E-state index is 0.00862. The van der Waals surface area contributed by atoms with Crippen LogP contribution in [-0.2, 0) is 10.0 Å². The minimum atomic E-state index is -3.45. The fraction of sp³-hybridized carbons (Fsp3) is 0.476. The van der Waals surface area contributed by atoms with Crippen LogP contribution in [0.4, 0.5) is 0 Å². The van der Waals surface area contributed by atoms with Gasteiger partial charge in [-0.25, -0.2) is 8.42 Å². The van der Waals surface area contributed by atoms with Crippen molar-refractivity contribution in [1.29, 1.82) is 0 Å². The molecule has 150 valence electrons. The molecule has 0 N–H and O–H groups in total. The van der Waals surface area contributed by atoms with E-state index in [0.29, 0.717) is 24.6 Å². The summed E-state index contributed by atoms with van der Waals surface area (Å²) in [6, 6.07) is 8.65. The first kappa shape index (κ1) is 19.6. The first-order chi connectivity index (χ1) is 13.6. The molecule has 1 aromatic heterocycles. The van der Waals surface area contributed by atoms with Gasteiger partial charge >= 0.3 is 0 Å². The van der Waals surface area contributed by atoms with E-state index in [4.69, 9.17) is 0 Å². The summed E-state index contributed by atoms with van der Waals surface area (Å²) in [6.07, 6.45) is 4.87. The zero-order chi connectivity index (χ0) is 19.6. The number of sulfonamides is 1. The van der Waals surface area contributed by atoms with Crippen LogP contribution in [0.3, 0.4) is 0 Å². The molecule has 3 heterocycles. The summed E-state index contributed by atoms with van der Waals surface area (Å²) in [6.45, 7) is 2.66. The van der Waals surface area contributed by atoms with Crippen LogP contribution in [0.2, 0.25) is 0 Å². The number of benzene rings is 1. The van der Waals surface area contributed by atoms with Gasteiger partial charge in [0.05, 0.1) is 4.90 Å². The van der Waals surface area contributed by atoms with E-state index in [-0.39, 0.29) is 10.8 Å². The summed E-state index contributed by atoms with van der Waals surface area (Å²) >= 11 is 1.72. The largest absolute Gasteiger partial charge is 0.339 e. The third-order valence-corrected chi connectivity index (χ3v) is 8.47. The Morgan fingerprint density at radius 1 is 0.929 bits per heavy atom. The van der Waals surface area contributed by atoms with Crippen molar-refractivity contribution in [3.63, 3.8) is 0 Å². The highest BCUT2D eigenvalue weighted by atomic mass is 32.2. The summed E-state index contributed by atoms with van der Waals surface area (Å²) in [5, 5.41) is 4.30. The quantitative estimate of drug-likeness (QED) is 0.756. The van der Waals surface area contributed by atoms with Crippen LogP contribution in [0.5, 0.6) is 0 Å². The van der Waals surface area contributed by atoms with E-state index in [1.54, 1.807) is 39.9 Å². The molecule has 0 radical (unpaired) electrons. The molecule has 2 aliphatic heterocycles. The fourth-order valence-corrected chi connectivity index (χ4v) is 6.39. The number of likely N-dealkylation sites (tertiary alicyclic amines) is 1. The van der Waals surface area contributed by atoms with E-state index in [0.717, 1.165) is 45.2 Å². The highest BCUT2D eigenvalue weighted by Gasteiger charge is 2.27. The van der Waals surface area contributed by atoms with Crippen LogP contribution in [-0.4, -0.2) is 49.7 Å². The minimum Gasteiger partial charge on any atom is -0.339 e. The van der Waals surface area contributed by atoms with Gasteiger partial charge in [-0.15, -0.1) is 0 Å². The Hall–Kier alpha value is -1.70. The highest BCUT2D eigenvalue weighted by Crippen LogP contribution is 2.30. The second-order valence-electron chi connectivity index (χ2n) is 7.61. The predicted octanol–water partition coefficient (Wildman–Crippen LogP) is 3.94. The van der Waals surface area contributed by atoms with Gasteiger partial charge in [0.15, 0.2) is 0 Å². The molecule has 2 aromatic rings. The van der Waals surface area contributed by atoms with Gasteiger partial charge in [-0.1, -0.05) is 6.42 Å². The molecular weight excluding hydrogens is 392 g/mol. The summed E-state index contributed by atoms with van der Waals surface area (Å²) in [5.74, 6) is 0.526. The van der Waals surface area contributed by atoms with E-state index in [1.807, 2.05) is 4.90 Å². The SMILES string of the molecule is O=C(c1ccc(S(=O)(=O)N2CCCCC2)cc1)N1CCC(c2ccsc2)CC1. The Labute approximate surface area is 171 Å². The smallest absolute Gasteiger partial charge is 0.253 e. The van der Waals surface area contributed by atoms with E-state index < -0.39 is 10.0 Å². The molecule has 1 amide bonds. The van der Waals surface area contributed by atoms with Gasteiger partial charge in [-0.05, 0) is 78.3 Å². The van der Waals surface area contributed by atoms with E-state index >= 15 is 0 Å². The second kappa shape index (κ2) is 8.35. The van der Waals surface area contributed by atoms with E-state index in [1.165, 1.54) is 5.56 Å². The van der Waals surface area contributed by atoms with Gasteiger partial charge in [-0.2, -0.15) is 15.6 Å². The molecule has 0 spiro atoms. The number of amides is 1. The van der Waals surface area contributed by atoms with Crippen molar-refractivity contribution < 1.29 is 13.2 Å². The van der Waals surface area contributed by atoms with Crippen molar-refractivity contribution in [2.24, 2.45) is 0 Å². The van der Waals surface area contributed by atoms with Crippen molar-refractivity contribution >= 4 is 27.3 Å². The lowest BCUT2D eigenvalue weighted by molar-refractivity contribution is 0.0713. The number of thiophene rings is 1. The van der Waals surface area contributed by atoms with Crippen molar-refractivity contribution in [2.45, 2.75) is 42.9 Å². The number of piperidine rings is 2. The Bertz CT molecular complexity index is 894. The molecule has 28 heavy (non-hydrogen) atoms. The molecule has 0 aliphatic carbocycles. The average Bonchev–Trinajstić information content (AvgIpc) is 3.29. The number of hydrogen-bond acceptors (Lipinski definition) is 4. The molecule has 7 heteroatoms. The molecule has 0 atom stereocenters. The Morgan fingerprint density at radius 3 is 2.21 bits per heavy atom. The number of hydrogen-bond donors (Lipinski definition) is 0. The molecule has 1 aromatic carbocycles. The first-order valence-corrected chi connectivity index (χ1v) is 12.4. The number of nitrogens with zero attached hydrogens (tertiary/aromatic N) is 2. The van der Waals surface area contributed by atoms with Gasteiger partial charge in [0, 0.05) is 31.7 Å². The van der Waals surface area contributed by atoms with Crippen molar-refractivity contribution in [2.75, 3.05) is 26.2 Å². The lowest BCUT2D eigenvalue weighted by atomic mass is 9.91. The third-order valence-electron chi connectivity index (χ3n) is 5.85.